The third-order valence-corrected chi connectivity index (χ3v) is 5.00. The highest BCUT2D eigenvalue weighted by Gasteiger charge is 2.18. The number of aryl methyl sites for hydroxylation is 2. The molecule has 5 nitrogen and oxygen atoms in total. The molecule has 0 saturated heterocycles. The van der Waals surface area contributed by atoms with Crippen molar-refractivity contribution in [2.45, 2.75) is 6.92 Å². The molecule has 0 amide bonds. The first-order valence-electron chi connectivity index (χ1n) is 8.80. The molecule has 6 heteroatoms. The molecular weight excluding hydrogens is 374 g/mol. The van der Waals surface area contributed by atoms with Crippen LogP contribution in [0.1, 0.15) is 5.56 Å². The van der Waals surface area contributed by atoms with Gasteiger partial charge in [0.1, 0.15) is 17.0 Å². The van der Waals surface area contributed by atoms with Crippen molar-refractivity contribution in [3.8, 4) is 28.5 Å². The van der Waals surface area contributed by atoms with Crippen molar-refractivity contribution in [2.75, 3.05) is 12.8 Å². The fourth-order valence-electron chi connectivity index (χ4n) is 3.31. The second kappa shape index (κ2) is 7.09. The van der Waals surface area contributed by atoms with E-state index in [1.165, 1.54) is 0 Å². The lowest BCUT2D eigenvalue weighted by Crippen LogP contribution is -1.95. The topological polar surface area (TPSA) is 62.3 Å². The molecule has 2 aromatic carbocycles. The number of methoxy groups -OCH3 is 1. The Kier molecular flexibility index (Phi) is 4.61. The van der Waals surface area contributed by atoms with Crippen LogP contribution in [-0.2, 0) is 7.05 Å². The minimum atomic E-state index is 0.575. The molecule has 0 bridgehead atoms. The Hall–Kier alpha value is -3.18. The third-order valence-electron chi connectivity index (χ3n) is 4.75. The second-order valence-electron chi connectivity index (χ2n) is 6.63. The van der Waals surface area contributed by atoms with Crippen LogP contribution in [0.25, 0.3) is 22.0 Å². The number of pyridine rings is 1. The molecule has 0 aliphatic rings. The fourth-order valence-corrected chi connectivity index (χ4v) is 3.43. The van der Waals surface area contributed by atoms with Gasteiger partial charge in [0.2, 0.25) is 5.88 Å². The summed E-state index contributed by atoms with van der Waals surface area (Å²) >= 11 is 5.99. The van der Waals surface area contributed by atoms with E-state index in [0.717, 1.165) is 33.3 Å². The first-order valence-corrected chi connectivity index (χ1v) is 9.17. The van der Waals surface area contributed by atoms with Gasteiger partial charge in [0, 0.05) is 46.7 Å². The summed E-state index contributed by atoms with van der Waals surface area (Å²) in [6.07, 6.45) is 3.77. The molecule has 0 fully saturated rings. The summed E-state index contributed by atoms with van der Waals surface area (Å²) in [6.45, 7) is 1.96. The lowest BCUT2D eigenvalue weighted by molar-refractivity contribution is 0.401. The monoisotopic (exact) mass is 393 g/mol. The number of nitrogens with zero attached hydrogens (tertiary/aromatic N) is 2. The molecule has 28 heavy (non-hydrogen) atoms. The van der Waals surface area contributed by atoms with Crippen LogP contribution < -0.4 is 15.2 Å². The lowest BCUT2D eigenvalue weighted by Gasteiger charge is -2.14. The second-order valence-corrected chi connectivity index (χ2v) is 7.07. The molecule has 2 heterocycles. The van der Waals surface area contributed by atoms with E-state index in [9.17, 15) is 0 Å². The zero-order chi connectivity index (χ0) is 19.8. The Labute approximate surface area is 168 Å². The molecule has 0 unspecified atom stereocenters. The molecule has 0 aliphatic carbocycles. The number of hydrogen-bond acceptors (Lipinski definition) is 4. The van der Waals surface area contributed by atoms with Crippen LogP contribution in [0.2, 0.25) is 5.02 Å². The van der Waals surface area contributed by atoms with Crippen LogP contribution >= 0.6 is 11.6 Å². The predicted molar refractivity (Wildman–Crippen MR) is 113 cm³/mol. The largest absolute Gasteiger partial charge is 0.479 e. The summed E-state index contributed by atoms with van der Waals surface area (Å²) in [5.41, 5.74) is 10.7. The Morgan fingerprint density at radius 2 is 1.82 bits per heavy atom. The van der Waals surface area contributed by atoms with Crippen LogP contribution in [0.3, 0.4) is 0 Å². The van der Waals surface area contributed by atoms with Gasteiger partial charge < -0.3 is 19.8 Å². The van der Waals surface area contributed by atoms with Crippen molar-refractivity contribution in [1.82, 2.24) is 9.55 Å². The highest BCUT2D eigenvalue weighted by atomic mass is 35.5. The maximum Gasteiger partial charge on any atom is 0.238 e. The summed E-state index contributed by atoms with van der Waals surface area (Å²) < 4.78 is 13.6. The van der Waals surface area contributed by atoms with Gasteiger partial charge in [-0.2, -0.15) is 0 Å². The lowest BCUT2D eigenvalue weighted by atomic mass is 10.0. The summed E-state index contributed by atoms with van der Waals surface area (Å²) in [7, 11) is 3.58. The van der Waals surface area contributed by atoms with E-state index in [1.54, 1.807) is 25.4 Å². The van der Waals surface area contributed by atoms with Crippen LogP contribution in [0.4, 0.5) is 5.69 Å². The highest BCUT2D eigenvalue weighted by Crippen LogP contribution is 2.41. The Balaban J connectivity index is 1.91. The molecule has 142 valence electrons. The highest BCUT2D eigenvalue weighted by molar-refractivity contribution is 6.30. The Morgan fingerprint density at radius 3 is 2.54 bits per heavy atom. The number of anilines is 1. The van der Waals surface area contributed by atoms with E-state index in [1.807, 2.05) is 55.1 Å². The minimum absolute atomic E-state index is 0.575. The normalized spacial score (nSPS) is 11.0. The van der Waals surface area contributed by atoms with Crippen molar-refractivity contribution < 1.29 is 9.47 Å². The van der Waals surface area contributed by atoms with E-state index < -0.39 is 0 Å². The molecule has 4 rings (SSSR count). The molecule has 4 aromatic rings. The van der Waals surface area contributed by atoms with Gasteiger partial charge in [-0.15, -0.1) is 0 Å². The van der Waals surface area contributed by atoms with Crippen molar-refractivity contribution in [1.29, 1.82) is 0 Å². The molecule has 2 aromatic heterocycles. The number of ether oxygens (including phenoxy) is 2. The molecule has 0 aliphatic heterocycles. The van der Waals surface area contributed by atoms with Gasteiger partial charge in [0.25, 0.3) is 0 Å². The SMILES string of the molecule is COc1nccc2c(-c3cc(N)c(C)cc3Oc3ccc(Cl)cc3)cn(C)c12. The predicted octanol–water partition coefficient (Wildman–Crippen LogP) is 5.59. The molecule has 0 saturated carbocycles. The van der Waals surface area contributed by atoms with E-state index in [0.29, 0.717) is 22.3 Å². The number of fused-ring (bicyclic) bond motifs is 1. The van der Waals surface area contributed by atoms with Gasteiger partial charge in [0.15, 0.2) is 0 Å². The van der Waals surface area contributed by atoms with Gasteiger partial charge in [-0.1, -0.05) is 11.6 Å². The van der Waals surface area contributed by atoms with Crippen LogP contribution in [-0.4, -0.2) is 16.7 Å². The maximum absolute atomic E-state index is 6.23. The Morgan fingerprint density at radius 1 is 1.07 bits per heavy atom. The van der Waals surface area contributed by atoms with E-state index in [-0.39, 0.29) is 0 Å². The molecule has 2 N–H and O–H groups in total. The fraction of sp³-hybridized carbons (Fsp3) is 0.136. The number of hydrogen-bond donors (Lipinski definition) is 1. The van der Waals surface area contributed by atoms with Gasteiger partial charge >= 0.3 is 0 Å². The first-order chi connectivity index (χ1) is 13.5. The van der Waals surface area contributed by atoms with E-state index in [4.69, 9.17) is 26.8 Å². The quantitative estimate of drug-likeness (QED) is 0.459. The van der Waals surface area contributed by atoms with E-state index in [2.05, 4.69) is 4.98 Å². The molecule has 0 spiro atoms. The average molecular weight is 394 g/mol. The standard InChI is InChI=1S/C22H20ClN3O2/c1-13-10-20(28-15-6-4-14(23)5-7-15)17(11-19(13)24)18-12-26(2)21-16(18)8-9-25-22(21)27-3/h4-12H,24H2,1-3H3. The number of nitrogen functional groups attached to an aromatic ring is 1. The summed E-state index contributed by atoms with van der Waals surface area (Å²) in [5.74, 6) is 2.00. The molecular formula is C22H20ClN3O2. The van der Waals surface area contributed by atoms with E-state index >= 15 is 0 Å². The number of nitrogens with two attached hydrogens (primary N) is 1. The summed E-state index contributed by atoms with van der Waals surface area (Å²) in [5, 5.41) is 1.67. The summed E-state index contributed by atoms with van der Waals surface area (Å²) in [6, 6.07) is 13.2. The van der Waals surface area contributed by atoms with Crippen LogP contribution in [0.15, 0.2) is 54.9 Å². The number of halogens is 1. The average Bonchev–Trinajstić information content (AvgIpc) is 3.03. The molecule has 0 atom stereocenters. The number of rotatable bonds is 4. The van der Waals surface area contributed by atoms with Crippen LogP contribution in [0, 0.1) is 6.92 Å². The Bertz CT molecular complexity index is 1170. The van der Waals surface area contributed by atoms with Gasteiger partial charge in [-0.05, 0) is 55.0 Å². The van der Waals surface area contributed by atoms with Crippen molar-refractivity contribution >= 4 is 28.2 Å². The van der Waals surface area contributed by atoms with Crippen molar-refractivity contribution in [3.63, 3.8) is 0 Å². The molecule has 0 radical (unpaired) electrons. The maximum atomic E-state index is 6.23. The summed E-state index contributed by atoms with van der Waals surface area (Å²) in [4.78, 5) is 4.31. The number of benzene rings is 2. The minimum Gasteiger partial charge on any atom is -0.479 e. The zero-order valence-electron chi connectivity index (χ0n) is 15.9. The van der Waals surface area contributed by atoms with Crippen molar-refractivity contribution in [2.24, 2.45) is 7.05 Å². The van der Waals surface area contributed by atoms with Crippen LogP contribution in [0.5, 0.6) is 17.4 Å². The zero-order valence-corrected chi connectivity index (χ0v) is 16.6. The smallest absolute Gasteiger partial charge is 0.238 e. The van der Waals surface area contributed by atoms with Gasteiger partial charge in [-0.25, -0.2) is 4.98 Å². The van der Waals surface area contributed by atoms with Gasteiger partial charge in [-0.3, -0.25) is 0 Å². The van der Waals surface area contributed by atoms with Gasteiger partial charge in [0.05, 0.1) is 7.11 Å². The first kappa shape index (κ1) is 18.2. The van der Waals surface area contributed by atoms with Crippen molar-refractivity contribution in [3.05, 3.63) is 65.4 Å². The number of aromatic nitrogens is 2. The third kappa shape index (κ3) is 3.14.